The number of nitrogen functional groups attached to an aromatic ring is 1. The Bertz CT molecular complexity index is 2560. The zero-order valence-corrected chi connectivity index (χ0v) is 33.8. The highest BCUT2D eigenvalue weighted by atomic mass is 79.9. The number of carboxylic acid groups (broad SMARTS) is 1. The van der Waals surface area contributed by atoms with Crippen LogP contribution in [0.1, 0.15) is 40.9 Å². The third-order valence-electron chi connectivity index (χ3n) is 10.4. The number of aromatic nitrogens is 3. The number of pyridine rings is 1. The zero-order chi connectivity index (χ0) is 41.6. The van der Waals surface area contributed by atoms with Gasteiger partial charge in [-0.05, 0) is 55.8 Å². The van der Waals surface area contributed by atoms with Crippen molar-refractivity contribution in [3.05, 3.63) is 97.4 Å². The summed E-state index contributed by atoms with van der Waals surface area (Å²) in [6.45, 7) is 4.56. The molecule has 4 heterocycles. The average molecular weight is 862 g/mol. The molecule has 0 saturated carbocycles. The first kappa shape index (κ1) is 40.1. The van der Waals surface area contributed by atoms with Gasteiger partial charge in [0.2, 0.25) is 11.2 Å². The summed E-state index contributed by atoms with van der Waals surface area (Å²) in [5.41, 5.74) is 7.10. The Hall–Kier alpha value is -6.14. The highest BCUT2D eigenvalue weighted by Gasteiger charge is 2.38. The molecule has 0 radical (unpaired) electrons. The van der Waals surface area contributed by atoms with Gasteiger partial charge in [0.05, 0.1) is 44.6 Å². The summed E-state index contributed by atoms with van der Waals surface area (Å²) >= 11 is 3.50. The second-order valence-electron chi connectivity index (χ2n) is 13.8. The van der Waals surface area contributed by atoms with Gasteiger partial charge < -0.3 is 34.5 Å². The van der Waals surface area contributed by atoms with Gasteiger partial charge in [-0.25, -0.2) is 23.6 Å². The molecule has 18 heteroatoms. The van der Waals surface area contributed by atoms with Crippen molar-refractivity contribution in [3.8, 4) is 17.2 Å². The van der Waals surface area contributed by atoms with Gasteiger partial charge in [-0.1, -0.05) is 15.9 Å². The summed E-state index contributed by atoms with van der Waals surface area (Å²) in [5.74, 6) is -2.19. The van der Waals surface area contributed by atoms with E-state index in [9.17, 15) is 19.5 Å². The molecule has 15 nitrogen and oxygen atoms in total. The molecule has 3 N–H and O–H groups in total. The van der Waals surface area contributed by atoms with E-state index < -0.39 is 34.5 Å². The maximum absolute atomic E-state index is 16.2. The summed E-state index contributed by atoms with van der Waals surface area (Å²) in [6, 6.07) is 9.64. The molecule has 1 unspecified atom stereocenters. The van der Waals surface area contributed by atoms with Crippen LogP contribution in [0.5, 0.6) is 17.2 Å². The van der Waals surface area contributed by atoms with Crippen LogP contribution in [-0.2, 0) is 17.8 Å². The molecular weight excluding hydrogens is 822 g/mol. The summed E-state index contributed by atoms with van der Waals surface area (Å²) in [4.78, 5) is 57.3. The Morgan fingerprint density at radius 2 is 1.79 bits per heavy atom. The van der Waals surface area contributed by atoms with Crippen LogP contribution in [-0.4, -0.2) is 95.8 Å². The summed E-state index contributed by atoms with van der Waals surface area (Å²) in [6.07, 6.45) is 2.98. The second kappa shape index (κ2) is 16.0. The minimum Gasteiger partial charge on any atom is -0.493 e. The van der Waals surface area contributed by atoms with Gasteiger partial charge in [0.15, 0.2) is 17.3 Å². The second-order valence-corrected chi connectivity index (χ2v) is 14.7. The Balaban J connectivity index is 1.12. The molecule has 7 rings (SSSR count). The van der Waals surface area contributed by atoms with E-state index in [1.54, 1.807) is 47.2 Å². The molecule has 3 aromatic carbocycles. The van der Waals surface area contributed by atoms with Crippen LogP contribution < -0.4 is 35.2 Å². The predicted octanol–water partition coefficient (Wildman–Crippen LogP) is 5.38. The lowest BCUT2D eigenvalue weighted by molar-refractivity contribution is -0.112. The number of hydrogen-bond donors (Lipinski definition) is 2. The molecule has 5 aromatic rings. The molecule has 1 atom stereocenters. The van der Waals surface area contributed by atoms with Crippen LogP contribution in [0.4, 0.5) is 31.9 Å². The van der Waals surface area contributed by atoms with Gasteiger partial charge in [-0.15, -0.1) is 0 Å². The summed E-state index contributed by atoms with van der Waals surface area (Å²) < 4.78 is 50.3. The van der Waals surface area contributed by atoms with E-state index in [2.05, 4.69) is 30.9 Å². The van der Waals surface area contributed by atoms with Gasteiger partial charge >= 0.3 is 5.97 Å². The highest BCUT2D eigenvalue weighted by Crippen LogP contribution is 2.39. The number of aliphatic imine (C=N–C) groups is 1. The van der Waals surface area contributed by atoms with Crippen molar-refractivity contribution in [2.45, 2.75) is 32.9 Å². The van der Waals surface area contributed by atoms with Crippen LogP contribution in [0.15, 0.2) is 63.1 Å². The van der Waals surface area contributed by atoms with Crippen LogP contribution in [0.3, 0.4) is 0 Å². The lowest BCUT2D eigenvalue weighted by Gasteiger charge is -2.42. The number of amides is 1. The van der Waals surface area contributed by atoms with Gasteiger partial charge in [0, 0.05) is 66.6 Å². The van der Waals surface area contributed by atoms with Gasteiger partial charge in [0.1, 0.15) is 28.6 Å². The van der Waals surface area contributed by atoms with Crippen LogP contribution in [0, 0.1) is 11.6 Å². The number of halogens is 3. The van der Waals surface area contributed by atoms with Crippen LogP contribution in [0.2, 0.25) is 0 Å². The van der Waals surface area contributed by atoms with Crippen molar-refractivity contribution in [2.75, 3.05) is 63.2 Å². The number of carboxylic acids is 1. The molecule has 2 aliphatic heterocycles. The van der Waals surface area contributed by atoms with Crippen molar-refractivity contribution in [3.63, 3.8) is 0 Å². The number of rotatable bonds is 11. The third kappa shape index (κ3) is 7.17. The van der Waals surface area contributed by atoms with Crippen molar-refractivity contribution in [1.82, 2.24) is 19.4 Å². The molecule has 1 amide bonds. The number of hydrogen-bond acceptors (Lipinski definition) is 12. The Labute approximate surface area is 339 Å². The van der Waals surface area contributed by atoms with E-state index in [0.717, 1.165) is 22.3 Å². The molecule has 2 aromatic heterocycles. The number of fused-ring (bicyclic) bond motifs is 2. The van der Waals surface area contributed by atoms with Gasteiger partial charge in [0.25, 0.3) is 11.9 Å². The molecular formula is C40H39BrF2N8O7. The molecule has 0 spiro atoms. The quantitative estimate of drug-likeness (QED) is 0.174. The third-order valence-corrected chi connectivity index (χ3v) is 10.9. The fourth-order valence-corrected chi connectivity index (χ4v) is 7.81. The van der Waals surface area contributed by atoms with E-state index in [0.29, 0.717) is 47.0 Å². The first-order valence-corrected chi connectivity index (χ1v) is 19.0. The minimum absolute atomic E-state index is 0.00336. The number of ether oxygens (including phenoxy) is 3. The smallest absolute Gasteiger partial charge is 0.341 e. The summed E-state index contributed by atoms with van der Waals surface area (Å²) in [7, 11) is 4.59. The topological polar surface area (TPSA) is 178 Å². The lowest BCUT2D eigenvalue weighted by atomic mass is 10.1. The number of nitrogens with two attached hydrogens (primary N) is 1. The molecule has 0 bridgehead atoms. The fourth-order valence-electron chi connectivity index (χ4n) is 7.45. The molecule has 2 aliphatic rings. The number of piperazine rings is 1. The summed E-state index contributed by atoms with van der Waals surface area (Å²) in [5, 5.41) is 9.15. The maximum Gasteiger partial charge on any atom is 0.341 e. The Kier molecular flexibility index (Phi) is 11.1. The van der Waals surface area contributed by atoms with Crippen molar-refractivity contribution in [2.24, 2.45) is 4.99 Å². The first-order chi connectivity index (χ1) is 27.8. The number of aryl methyl sites for hydroxylation is 1. The van der Waals surface area contributed by atoms with Crippen molar-refractivity contribution in [1.29, 1.82) is 0 Å². The first-order valence-electron chi connectivity index (χ1n) is 18.2. The fraction of sp³-hybridized carbons (Fsp3) is 0.300. The number of anilines is 3. The van der Waals surface area contributed by atoms with E-state index in [-0.39, 0.29) is 66.4 Å². The number of carbonyl (C=O) groups is 2. The Morgan fingerprint density at radius 3 is 2.41 bits per heavy atom. The van der Waals surface area contributed by atoms with E-state index in [1.165, 1.54) is 25.9 Å². The van der Waals surface area contributed by atoms with Crippen LogP contribution >= 0.6 is 15.9 Å². The van der Waals surface area contributed by atoms with Crippen molar-refractivity contribution >= 4 is 67.6 Å². The molecule has 302 valence electrons. The van der Waals surface area contributed by atoms with Gasteiger partial charge in [-0.3, -0.25) is 19.4 Å². The average Bonchev–Trinajstić information content (AvgIpc) is 3.44. The normalized spacial score (nSPS) is 16.3. The standard InChI is InChI=1S/C40H39BrF2N8O7/c1-6-48-18-26(39(54)55)35(52)25-15-27(42)34(31(43)33(25)48)49-9-10-50(20(2)17-49)19-51-28-8-7-23(41)14-24(28)32(38(51)53)46-40-45-16-22(37(44)47-40)11-21-12-29(56-3)36(58-5)30(13-21)57-4/h7-8,12-16,18,20H,6,9-11,17,19H2,1-5H3,(H,54,55)(H2,44,45,47)/b46-32+. The minimum atomic E-state index is -1.48. The van der Waals surface area contributed by atoms with Crippen molar-refractivity contribution < 1.29 is 37.7 Å². The number of benzene rings is 3. The Morgan fingerprint density at radius 1 is 1.07 bits per heavy atom. The number of nitrogens with zero attached hydrogens (tertiary/aromatic N) is 7. The predicted molar refractivity (Wildman–Crippen MR) is 217 cm³/mol. The monoisotopic (exact) mass is 860 g/mol. The largest absolute Gasteiger partial charge is 0.493 e. The molecule has 1 fully saturated rings. The zero-order valence-electron chi connectivity index (χ0n) is 32.2. The SMILES string of the molecule is CCn1cc(C(=O)O)c(=O)c2cc(F)c(N3CCN(CN4C(=O)/C(=N/c5ncc(Cc6cc(OC)c(OC)c(OC)c6)c(N)n5)c5cc(Br)ccc54)C(C)C3)c(F)c21. The van der Waals surface area contributed by atoms with E-state index >= 15 is 8.78 Å². The maximum atomic E-state index is 16.2. The van der Waals surface area contributed by atoms with Crippen LogP contribution in [0.25, 0.3) is 10.9 Å². The molecule has 58 heavy (non-hydrogen) atoms. The molecule has 1 saturated heterocycles. The highest BCUT2D eigenvalue weighted by molar-refractivity contribution is 9.10. The van der Waals surface area contributed by atoms with E-state index in [1.807, 2.05) is 17.9 Å². The van der Waals surface area contributed by atoms with Gasteiger partial charge in [-0.2, -0.15) is 4.98 Å². The number of carbonyl (C=O) groups excluding carboxylic acids is 1. The number of methoxy groups -OCH3 is 3. The lowest BCUT2D eigenvalue weighted by Crippen LogP contribution is -2.56. The molecule has 0 aliphatic carbocycles. The number of aromatic carboxylic acids is 1. The van der Waals surface area contributed by atoms with E-state index in [4.69, 9.17) is 19.9 Å².